The summed E-state index contributed by atoms with van der Waals surface area (Å²) < 4.78 is 7.08. The lowest BCUT2D eigenvalue weighted by Gasteiger charge is -2.22. The molecule has 25 heavy (non-hydrogen) atoms. The van der Waals surface area contributed by atoms with Crippen LogP contribution < -0.4 is 10.6 Å². The lowest BCUT2D eigenvalue weighted by atomic mass is 9.91. The van der Waals surface area contributed by atoms with Gasteiger partial charge in [-0.15, -0.1) is 11.3 Å². The van der Waals surface area contributed by atoms with Crippen LogP contribution in [0.3, 0.4) is 0 Å². The maximum Gasteiger partial charge on any atom is 0.230 e. The molecule has 128 valence electrons. The molecule has 0 bridgehead atoms. The summed E-state index contributed by atoms with van der Waals surface area (Å²) in [6.07, 6.45) is 2.12. The van der Waals surface area contributed by atoms with Crippen molar-refractivity contribution < 1.29 is 14.0 Å². The van der Waals surface area contributed by atoms with E-state index in [4.69, 9.17) is 4.42 Å². The van der Waals surface area contributed by atoms with Crippen LogP contribution in [-0.2, 0) is 23.1 Å². The number of hydrogen-bond acceptors (Lipinski definition) is 5. The van der Waals surface area contributed by atoms with Crippen molar-refractivity contribution in [1.82, 2.24) is 9.78 Å². The van der Waals surface area contributed by atoms with E-state index in [0.717, 1.165) is 10.4 Å². The van der Waals surface area contributed by atoms with E-state index in [1.54, 1.807) is 24.1 Å². The number of fused-ring (bicyclic) bond motifs is 1. The second kappa shape index (κ2) is 6.21. The van der Waals surface area contributed by atoms with Crippen molar-refractivity contribution in [2.45, 2.75) is 18.8 Å². The summed E-state index contributed by atoms with van der Waals surface area (Å²) in [5.74, 6) is 1.21. The van der Waals surface area contributed by atoms with Gasteiger partial charge in [0, 0.05) is 18.3 Å². The number of aryl methyl sites for hydroxylation is 1. The van der Waals surface area contributed by atoms with Crippen molar-refractivity contribution in [2.24, 2.45) is 7.05 Å². The van der Waals surface area contributed by atoms with Gasteiger partial charge in [0.1, 0.15) is 11.6 Å². The van der Waals surface area contributed by atoms with E-state index in [1.165, 1.54) is 11.3 Å². The number of anilines is 2. The van der Waals surface area contributed by atoms with Gasteiger partial charge in [0.25, 0.3) is 0 Å². The van der Waals surface area contributed by atoms with E-state index in [1.807, 2.05) is 23.6 Å². The number of nitrogens with zero attached hydrogens (tertiary/aromatic N) is 2. The molecule has 3 aromatic rings. The van der Waals surface area contributed by atoms with Gasteiger partial charge < -0.3 is 15.1 Å². The molecule has 1 aliphatic rings. The predicted molar refractivity (Wildman–Crippen MR) is 93.7 cm³/mol. The van der Waals surface area contributed by atoms with Gasteiger partial charge in [0.2, 0.25) is 11.8 Å². The molecule has 1 atom stereocenters. The molecule has 0 saturated carbocycles. The molecule has 0 spiro atoms. The van der Waals surface area contributed by atoms with Crippen LogP contribution in [0.25, 0.3) is 0 Å². The minimum Gasteiger partial charge on any atom is -0.469 e. The van der Waals surface area contributed by atoms with Gasteiger partial charge in [-0.3, -0.25) is 14.3 Å². The zero-order valence-electron chi connectivity index (χ0n) is 13.5. The standard InChI is InChI=1S/C17H16N4O3S/c1-21-17-15(11(9-14(23)19-17)12-5-2-6-24-12)16(20-21)18-13(22)8-10-4-3-7-25-10/h2-7,11H,8-9H2,1H3,(H,19,23)(H,18,20,22)/t11-/m0/s1. The summed E-state index contributed by atoms with van der Waals surface area (Å²) in [7, 11) is 1.73. The average molecular weight is 356 g/mol. The number of rotatable bonds is 4. The summed E-state index contributed by atoms with van der Waals surface area (Å²) in [5.41, 5.74) is 0.775. The molecule has 1 aliphatic heterocycles. The summed E-state index contributed by atoms with van der Waals surface area (Å²) >= 11 is 1.54. The molecule has 0 saturated heterocycles. The first-order valence-corrected chi connectivity index (χ1v) is 8.72. The third-order valence-electron chi connectivity index (χ3n) is 4.14. The van der Waals surface area contributed by atoms with Gasteiger partial charge in [-0.2, -0.15) is 5.10 Å². The molecule has 0 aliphatic carbocycles. The second-order valence-corrected chi connectivity index (χ2v) is 6.89. The summed E-state index contributed by atoms with van der Waals surface area (Å²) in [4.78, 5) is 25.4. The highest BCUT2D eigenvalue weighted by atomic mass is 32.1. The number of thiophene rings is 1. The molecule has 0 fully saturated rings. The Balaban J connectivity index is 1.67. The van der Waals surface area contributed by atoms with Crippen molar-refractivity contribution in [2.75, 3.05) is 10.6 Å². The average Bonchev–Trinajstić information content (AvgIpc) is 3.30. The minimum atomic E-state index is -0.274. The zero-order chi connectivity index (χ0) is 17.4. The first kappa shape index (κ1) is 15.6. The quantitative estimate of drug-likeness (QED) is 0.752. The van der Waals surface area contributed by atoms with Crippen molar-refractivity contribution in [1.29, 1.82) is 0 Å². The first-order chi connectivity index (χ1) is 12.1. The lowest BCUT2D eigenvalue weighted by Crippen LogP contribution is -2.25. The fourth-order valence-electron chi connectivity index (χ4n) is 3.06. The van der Waals surface area contributed by atoms with Crippen LogP contribution in [0, 0.1) is 0 Å². The maximum atomic E-state index is 12.4. The Bertz CT molecular complexity index is 912. The fraction of sp³-hybridized carbons (Fsp3) is 0.235. The van der Waals surface area contributed by atoms with E-state index in [2.05, 4.69) is 15.7 Å². The van der Waals surface area contributed by atoms with Gasteiger partial charge in [0.15, 0.2) is 5.82 Å². The monoisotopic (exact) mass is 356 g/mol. The van der Waals surface area contributed by atoms with E-state index in [9.17, 15) is 9.59 Å². The Morgan fingerprint density at radius 2 is 2.36 bits per heavy atom. The van der Waals surface area contributed by atoms with Crippen molar-refractivity contribution in [3.05, 3.63) is 52.1 Å². The first-order valence-electron chi connectivity index (χ1n) is 7.84. The highest BCUT2D eigenvalue weighted by Crippen LogP contribution is 2.41. The third kappa shape index (κ3) is 2.96. The second-order valence-electron chi connectivity index (χ2n) is 5.86. The Labute approximate surface area is 147 Å². The third-order valence-corrected chi connectivity index (χ3v) is 5.02. The Hall–Kier alpha value is -2.87. The van der Waals surface area contributed by atoms with Crippen molar-refractivity contribution >= 4 is 34.8 Å². The van der Waals surface area contributed by atoms with Crippen LogP contribution in [0.4, 0.5) is 11.6 Å². The number of nitrogens with one attached hydrogen (secondary N) is 2. The van der Waals surface area contributed by atoms with Crippen LogP contribution in [0.2, 0.25) is 0 Å². The summed E-state index contributed by atoms with van der Waals surface area (Å²) in [6, 6.07) is 7.45. The Kier molecular flexibility index (Phi) is 3.89. The molecule has 0 aromatic carbocycles. The van der Waals surface area contributed by atoms with Gasteiger partial charge in [-0.05, 0) is 23.6 Å². The van der Waals surface area contributed by atoms with Crippen LogP contribution in [-0.4, -0.2) is 21.6 Å². The molecule has 2 N–H and O–H groups in total. The largest absolute Gasteiger partial charge is 0.469 e. The van der Waals surface area contributed by atoms with E-state index in [0.29, 0.717) is 23.8 Å². The van der Waals surface area contributed by atoms with Gasteiger partial charge in [-0.25, -0.2) is 0 Å². The molecule has 4 heterocycles. The lowest BCUT2D eigenvalue weighted by molar-refractivity contribution is -0.117. The number of aromatic nitrogens is 2. The minimum absolute atomic E-state index is 0.103. The number of amides is 2. The van der Waals surface area contributed by atoms with Crippen molar-refractivity contribution in [3.63, 3.8) is 0 Å². The van der Waals surface area contributed by atoms with Crippen LogP contribution in [0.15, 0.2) is 40.3 Å². The smallest absolute Gasteiger partial charge is 0.230 e. The highest BCUT2D eigenvalue weighted by Gasteiger charge is 2.34. The molecule has 0 radical (unpaired) electrons. The molecule has 4 rings (SSSR count). The summed E-state index contributed by atoms with van der Waals surface area (Å²) in [6.45, 7) is 0. The van der Waals surface area contributed by atoms with Crippen LogP contribution in [0.5, 0.6) is 0 Å². The Morgan fingerprint density at radius 3 is 3.08 bits per heavy atom. The number of carbonyl (C=O) groups is 2. The van der Waals surface area contributed by atoms with Gasteiger partial charge >= 0.3 is 0 Å². The molecule has 7 nitrogen and oxygen atoms in total. The predicted octanol–water partition coefficient (Wildman–Crippen LogP) is 2.73. The number of furan rings is 1. The van der Waals surface area contributed by atoms with Crippen LogP contribution in [0.1, 0.15) is 28.5 Å². The number of carbonyl (C=O) groups excluding carboxylic acids is 2. The summed E-state index contributed by atoms with van der Waals surface area (Å²) in [5, 5.41) is 12.0. The van der Waals surface area contributed by atoms with Gasteiger partial charge in [-0.1, -0.05) is 6.07 Å². The molecular formula is C17H16N4O3S. The highest BCUT2D eigenvalue weighted by molar-refractivity contribution is 7.10. The fourth-order valence-corrected chi connectivity index (χ4v) is 3.77. The molecule has 3 aromatic heterocycles. The van der Waals surface area contributed by atoms with E-state index >= 15 is 0 Å². The SMILES string of the molecule is Cn1nc(NC(=O)Cc2cccs2)c2c1NC(=O)C[C@H]2c1ccco1. The van der Waals surface area contributed by atoms with Crippen LogP contribution >= 0.6 is 11.3 Å². The number of hydrogen-bond donors (Lipinski definition) is 2. The Morgan fingerprint density at radius 1 is 1.48 bits per heavy atom. The topological polar surface area (TPSA) is 89.2 Å². The van der Waals surface area contributed by atoms with E-state index < -0.39 is 0 Å². The van der Waals surface area contributed by atoms with E-state index in [-0.39, 0.29) is 24.2 Å². The molecule has 0 unspecified atom stereocenters. The van der Waals surface area contributed by atoms with Crippen molar-refractivity contribution in [3.8, 4) is 0 Å². The maximum absolute atomic E-state index is 12.4. The molecular weight excluding hydrogens is 340 g/mol. The normalized spacial score (nSPS) is 16.4. The molecule has 8 heteroatoms. The van der Waals surface area contributed by atoms with Gasteiger partial charge in [0.05, 0.1) is 24.2 Å². The zero-order valence-corrected chi connectivity index (χ0v) is 14.3. The molecule has 2 amide bonds.